The molecule has 0 aromatic heterocycles. The third-order valence-corrected chi connectivity index (χ3v) is 2.79. The Morgan fingerprint density at radius 2 is 1.65 bits per heavy atom. The van der Waals surface area contributed by atoms with Crippen LogP contribution in [0, 0.1) is 5.82 Å². The Kier molecular flexibility index (Phi) is 3.57. The molecule has 0 heterocycles. The Balaban J connectivity index is 2.49. The standard InChI is InChI=1S/C14H10F4O2/c1-20-9-3-5-10(12(15)7-9)11-4-2-8(6-13(11)19)14(16,17)18/h2-7,19H,1H3. The van der Waals surface area contributed by atoms with Gasteiger partial charge >= 0.3 is 6.18 Å². The lowest BCUT2D eigenvalue weighted by atomic mass is 10.0. The molecule has 0 spiro atoms. The SMILES string of the molecule is COc1ccc(-c2ccc(C(F)(F)F)cc2O)c(F)c1. The van der Waals surface area contributed by atoms with Gasteiger partial charge in [-0.2, -0.15) is 13.2 Å². The van der Waals surface area contributed by atoms with Gasteiger partial charge in [-0.3, -0.25) is 0 Å². The number of hydrogen-bond donors (Lipinski definition) is 1. The zero-order valence-corrected chi connectivity index (χ0v) is 10.3. The minimum atomic E-state index is -4.56. The minimum absolute atomic E-state index is 0.00276. The first-order valence-corrected chi connectivity index (χ1v) is 5.57. The number of hydrogen-bond acceptors (Lipinski definition) is 2. The van der Waals surface area contributed by atoms with Gasteiger partial charge in [-0.1, -0.05) is 0 Å². The number of alkyl halides is 3. The molecule has 0 amide bonds. The lowest BCUT2D eigenvalue weighted by Gasteiger charge is -2.11. The number of rotatable bonds is 2. The maximum absolute atomic E-state index is 13.8. The Labute approximate surface area is 112 Å². The van der Waals surface area contributed by atoms with Gasteiger partial charge in [-0.15, -0.1) is 0 Å². The molecule has 2 nitrogen and oxygen atoms in total. The fourth-order valence-electron chi connectivity index (χ4n) is 1.78. The maximum atomic E-state index is 13.8. The molecule has 20 heavy (non-hydrogen) atoms. The molecule has 2 aromatic rings. The van der Waals surface area contributed by atoms with Crippen molar-refractivity contribution in [3.05, 3.63) is 47.8 Å². The van der Waals surface area contributed by atoms with E-state index >= 15 is 0 Å². The third-order valence-electron chi connectivity index (χ3n) is 2.79. The molecule has 0 fully saturated rings. The number of phenols is 1. The molecule has 0 atom stereocenters. The summed E-state index contributed by atoms with van der Waals surface area (Å²) in [6.07, 6.45) is -4.56. The summed E-state index contributed by atoms with van der Waals surface area (Å²) < 4.78 is 56.1. The molecule has 6 heteroatoms. The summed E-state index contributed by atoms with van der Waals surface area (Å²) in [5.41, 5.74) is -1.01. The molecule has 1 N–H and O–H groups in total. The van der Waals surface area contributed by atoms with E-state index in [1.54, 1.807) is 0 Å². The molecular weight excluding hydrogens is 276 g/mol. The van der Waals surface area contributed by atoms with Crippen LogP contribution in [0.2, 0.25) is 0 Å². The highest BCUT2D eigenvalue weighted by Crippen LogP contribution is 2.37. The number of methoxy groups -OCH3 is 1. The number of phenolic OH excluding ortho intramolecular Hbond substituents is 1. The van der Waals surface area contributed by atoms with Crippen LogP contribution in [0.4, 0.5) is 17.6 Å². The number of benzene rings is 2. The van der Waals surface area contributed by atoms with E-state index in [9.17, 15) is 22.7 Å². The smallest absolute Gasteiger partial charge is 0.416 e. The number of aromatic hydroxyl groups is 1. The van der Waals surface area contributed by atoms with Gasteiger partial charge in [0.2, 0.25) is 0 Å². The molecular formula is C14H10F4O2. The molecule has 0 saturated heterocycles. The van der Waals surface area contributed by atoms with E-state index in [-0.39, 0.29) is 16.9 Å². The second kappa shape index (κ2) is 5.03. The largest absolute Gasteiger partial charge is 0.507 e. The van der Waals surface area contributed by atoms with Crippen LogP contribution in [-0.4, -0.2) is 12.2 Å². The monoisotopic (exact) mass is 286 g/mol. The molecule has 0 unspecified atom stereocenters. The molecule has 2 aromatic carbocycles. The third kappa shape index (κ3) is 2.68. The summed E-state index contributed by atoms with van der Waals surface area (Å²) in [4.78, 5) is 0. The van der Waals surface area contributed by atoms with Crippen molar-refractivity contribution in [3.63, 3.8) is 0 Å². The zero-order valence-electron chi connectivity index (χ0n) is 10.3. The number of ether oxygens (including phenoxy) is 1. The highest BCUT2D eigenvalue weighted by atomic mass is 19.4. The van der Waals surface area contributed by atoms with E-state index in [0.29, 0.717) is 6.07 Å². The van der Waals surface area contributed by atoms with Gasteiger partial charge in [-0.25, -0.2) is 4.39 Å². The summed E-state index contributed by atoms with van der Waals surface area (Å²) in [6.45, 7) is 0. The van der Waals surface area contributed by atoms with Crippen molar-refractivity contribution >= 4 is 0 Å². The van der Waals surface area contributed by atoms with Gasteiger partial charge in [0, 0.05) is 17.2 Å². The predicted octanol–water partition coefficient (Wildman–Crippen LogP) is 4.23. The Hall–Kier alpha value is -2.24. The number of halogens is 4. The van der Waals surface area contributed by atoms with Gasteiger partial charge in [-0.05, 0) is 30.3 Å². The van der Waals surface area contributed by atoms with E-state index in [4.69, 9.17) is 4.74 Å². The summed E-state index contributed by atoms with van der Waals surface area (Å²) >= 11 is 0. The highest BCUT2D eigenvalue weighted by molar-refractivity contribution is 5.71. The van der Waals surface area contributed by atoms with Gasteiger partial charge in [0.1, 0.15) is 17.3 Å². The Morgan fingerprint density at radius 1 is 1.00 bits per heavy atom. The average Bonchev–Trinajstić information content (AvgIpc) is 2.38. The first-order chi connectivity index (χ1) is 9.32. The minimum Gasteiger partial charge on any atom is -0.507 e. The van der Waals surface area contributed by atoms with Crippen LogP contribution in [0.1, 0.15) is 5.56 Å². The van der Waals surface area contributed by atoms with Gasteiger partial charge in [0.15, 0.2) is 0 Å². The summed E-state index contributed by atoms with van der Waals surface area (Å²) in [6, 6.07) is 6.26. The van der Waals surface area contributed by atoms with Crippen molar-refractivity contribution in [1.29, 1.82) is 0 Å². The summed E-state index contributed by atoms with van der Waals surface area (Å²) in [5.74, 6) is -1.05. The van der Waals surface area contributed by atoms with E-state index < -0.39 is 23.3 Å². The van der Waals surface area contributed by atoms with Crippen molar-refractivity contribution in [1.82, 2.24) is 0 Å². The van der Waals surface area contributed by atoms with Crippen LogP contribution in [0.5, 0.6) is 11.5 Å². The average molecular weight is 286 g/mol. The lowest BCUT2D eigenvalue weighted by Crippen LogP contribution is -2.04. The second-order valence-corrected chi connectivity index (χ2v) is 4.08. The van der Waals surface area contributed by atoms with Crippen LogP contribution in [0.25, 0.3) is 11.1 Å². The van der Waals surface area contributed by atoms with Crippen molar-refractivity contribution in [3.8, 4) is 22.6 Å². The van der Waals surface area contributed by atoms with Gasteiger partial charge in [0.25, 0.3) is 0 Å². The normalized spacial score (nSPS) is 11.4. The van der Waals surface area contributed by atoms with E-state index in [0.717, 1.165) is 18.2 Å². The van der Waals surface area contributed by atoms with Crippen molar-refractivity contribution in [2.45, 2.75) is 6.18 Å². The van der Waals surface area contributed by atoms with E-state index in [1.165, 1.54) is 19.2 Å². The van der Waals surface area contributed by atoms with E-state index in [1.807, 2.05) is 0 Å². The highest BCUT2D eigenvalue weighted by Gasteiger charge is 2.31. The fourth-order valence-corrected chi connectivity index (χ4v) is 1.78. The molecule has 0 aliphatic rings. The topological polar surface area (TPSA) is 29.5 Å². The zero-order chi connectivity index (χ0) is 14.9. The molecule has 0 aliphatic carbocycles. The molecule has 0 aliphatic heterocycles. The quantitative estimate of drug-likeness (QED) is 0.837. The Morgan fingerprint density at radius 3 is 2.15 bits per heavy atom. The predicted molar refractivity (Wildman–Crippen MR) is 65.1 cm³/mol. The molecule has 0 radical (unpaired) electrons. The van der Waals surface area contributed by atoms with E-state index in [2.05, 4.69) is 0 Å². The van der Waals surface area contributed by atoms with Crippen molar-refractivity contribution in [2.24, 2.45) is 0 Å². The maximum Gasteiger partial charge on any atom is 0.416 e. The second-order valence-electron chi connectivity index (χ2n) is 4.08. The van der Waals surface area contributed by atoms with Crippen LogP contribution in [0.3, 0.4) is 0 Å². The molecule has 0 saturated carbocycles. The van der Waals surface area contributed by atoms with Crippen molar-refractivity contribution in [2.75, 3.05) is 7.11 Å². The van der Waals surface area contributed by atoms with Crippen LogP contribution in [-0.2, 0) is 6.18 Å². The molecule has 0 bridgehead atoms. The van der Waals surface area contributed by atoms with Gasteiger partial charge in [0.05, 0.1) is 12.7 Å². The lowest BCUT2D eigenvalue weighted by molar-refractivity contribution is -0.137. The van der Waals surface area contributed by atoms with Crippen LogP contribution in [0.15, 0.2) is 36.4 Å². The summed E-state index contributed by atoms with van der Waals surface area (Å²) in [5, 5.41) is 9.66. The molecule has 2 rings (SSSR count). The fraction of sp³-hybridized carbons (Fsp3) is 0.143. The van der Waals surface area contributed by atoms with Gasteiger partial charge < -0.3 is 9.84 Å². The van der Waals surface area contributed by atoms with Crippen LogP contribution < -0.4 is 4.74 Å². The van der Waals surface area contributed by atoms with Crippen LogP contribution >= 0.6 is 0 Å². The first kappa shape index (κ1) is 14.2. The summed E-state index contributed by atoms with van der Waals surface area (Å²) in [7, 11) is 1.37. The van der Waals surface area contributed by atoms with Crippen molar-refractivity contribution < 1.29 is 27.4 Å². The molecule has 106 valence electrons. The first-order valence-electron chi connectivity index (χ1n) is 5.57. The Bertz CT molecular complexity index is 636.